The van der Waals surface area contributed by atoms with E-state index in [2.05, 4.69) is 5.32 Å². The van der Waals surface area contributed by atoms with Gasteiger partial charge < -0.3 is 15.1 Å². The number of carbonyl (C=O) groups excluding carboxylic acids is 3. The summed E-state index contributed by atoms with van der Waals surface area (Å²) in [5, 5.41) is 3.52. The molecule has 7 heteroatoms. The zero-order chi connectivity index (χ0) is 20.6. The van der Waals surface area contributed by atoms with Gasteiger partial charge in [-0.25, -0.2) is 0 Å². The van der Waals surface area contributed by atoms with E-state index in [1.54, 1.807) is 28.0 Å². The number of nitrogens with zero attached hydrogens (tertiary/aromatic N) is 2. The third-order valence-corrected chi connectivity index (χ3v) is 5.88. The maximum Gasteiger partial charge on any atom is 0.242 e. The minimum absolute atomic E-state index is 0.0136. The van der Waals surface area contributed by atoms with Crippen molar-refractivity contribution in [3.05, 3.63) is 28.8 Å². The number of fused-ring (bicyclic) bond motifs is 1. The highest BCUT2D eigenvalue weighted by Crippen LogP contribution is 2.42. The molecule has 2 heterocycles. The van der Waals surface area contributed by atoms with Crippen molar-refractivity contribution in [3.63, 3.8) is 0 Å². The lowest BCUT2D eigenvalue weighted by atomic mass is 9.86. The van der Waals surface area contributed by atoms with E-state index in [-0.39, 0.29) is 36.2 Å². The van der Waals surface area contributed by atoms with Gasteiger partial charge in [0.25, 0.3) is 0 Å². The molecule has 0 aromatic heterocycles. The smallest absolute Gasteiger partial charge is 0.242 e. The van der Waals surface area contributed by atoms with Crippen LogP contribution >= 0.6 is 11.6 Å². The number of rotatable bonds is 4. The maximum absolute atomic E-state index is 12.9. The van der Waals surface area contributed by atoms with Gasteiger partial charge in [0, 0.05) is 35.8 Å². The first-order chi connectivity index (χ1) is 13.1. The zero-order valence-corrected chi connectivity index (χ0v) is 17.7. The molecule has 152 valence electrons. The molecule has 3 amide bonds. The van der Waals surface area contributed by atoms with Gasteiger partial charge in [-0.15, -0.1) is 0 Å². The van der Waals surface area contributed by atoms with Gasteiger partial charge in [-0.05, 0) is 64.3 Å². The largest absolute Gasteiger partial charge is 0.354 e. The molecule has 6 nitrogen and oxygen atoms in total. The first-order valence-corrected chi connectivity index (χ1v) is 10.2. The van der Waals surface area contributed by atoms with Crippen molar-refractivity contribution < 1.29 is 14.4 Å². The van der Waals surface area contributed by atoms with Crippen molar-refractivity contribution >= 4 is 35.0 Å². The molecule has 3 rings (SSSR count). The van der Waals surface area contributed by atoms with E-state index in [0.717, 1.165) is 11.3 Å². The Morgan fingerprint density at radius 3 is 2.50 bits per heavy atom. The predicted octanol–water partition coefficient (Wildman–Crippen LogP) is 2.73. The normalized spacial score (nSPS) is 19.1. The fraction of sp³-hybridized carbons (Fsp3) is 0.571. The summed E-state index contributed by atoms with van der Waals surface area (Å²) in [6, 6.07) is 5.47. The van der Waals surface area contributed by atoms with Gasteiger partial charge in [-0.2, -0.15) is 0 Å². The number of piperidine rings is 1. The predicted molar refractivity (Wildman–Crippen MR) is 109 cm³/mol. The van der Waals surface area contributed by atoms with Crippen molar-refractivity contribution in [2.24, 2.45) is 5.92 Å². The van der Waals surface area contributed by atoms with E-state index in [1.165, 1.54) is 0 Å². The standard InChI is InChI=1S/C21H28ClN3O3/c1-13(2)23-19(27)14-7-9-24(10-8-14)18(26)12-25-17-6-5-15(22)11-16(17)21(3,4)20(25)28/h5-6,11,13-14H,7-10,12H2,1-4H3,(H,23,27). The summed E-state index contributed by atoms with van der Waals surface area (Å²) in [5.74, 6) is -0.176. The number of hydrogen-bond donors (Lipinski definition) is 1. The molecule has 0 atom stereocenters. The first-order valence-electron chi connectivity index (χ1n) is 9.81. The Morgan fingerprint density at radius 1 is 1.25 bits per heavy atom. The van der Waals surface area contributed by atoms with Crippen LogP contribution in [0.1, 0.15) is 46.1 Å². The monoisotopic (exact) mass is 405 g/mol. The molecule has 1 aromatic carbocycles. The van der Waals surface area contributed by atoms with Gasteiger partial charge in [0.2, 0.25) is 17.7 Å². The topological polar surface area (TPSA) is 69.7 Å². The number of carbonyl (C=O) groups is 3. The minimum Gasteiger partial charge on any atom is -0.354 e. The maximum atomic E-state index is 12.9. The van der Waals surface area contributed by atoms with E-state index in [1.807, 2.05) is 27.7 Å². The Morgan fingerprint density at radius 2 is 1.89 bits per heavy atom. The third kappa shape index (κ3) is 3.88. The molecule has 2 aliphatic heterocycles. The summed E-state index contributed by atoms with van der Waals surface area (Å²) in [4.78, 5) is 41.2. The molecule has 1 saturated heterocycles. The molecule has 0 aliphatic carbocycles. The van der Waals surface area contributed by atoms with Crippen LogP contribution in [0.2, 0.25) is 5.02 Å². The van der Waals surface area contributed by atoms with Crippen LogP contribution in [0.15, 0.2) is 18.2 Å². The van der Waals surface area contributed by atoms with Crippen molar-refractivity contribution in [3.8, 4) is 0 Å². The molecular weight excluding hydrogens is 378 g/mol. The minimum atomic E-state index is -0.706. The molecule has 1 fully saturated rings. The first kappa shape index (κ1) is 20.6. The van der Waals surface area contributed by atoms with Crippen LogP contribution in [0.3, 0.4) is 0 Å². The van der Waals surface area contributed by atoms with Crippen LogP contribution in [-0.4, -0.2) is 48.3 Å². The highest BCUT2D eigenvalue weighted by Gasteiger charge is 2.45. The molecule has 1 aromatic rings. The second kappa shape index (κ2) is 7.74. The number of halogens is 1. The highest BCUT2D eigenvalue weighted by atomic mass is 35.5. The molecule has 0 bridgehead atoms. The van der Waals surface area contributed by atoms with Crippen molar-refractivity contribution in [2.75, 3.05) is 24.5 Å². The summed E-state index contributed by atoms with van der Waals surface area (Å²) >= 11 is 6.11. The van der Waals surface area contributed by atoms with Gasteiger partial charge in [-0.3, -0.25) is 14.4 Å². The van der Waals surface area contributed by atoms with Crippen LogP contribution < -0.4 is 10.2 Å². The Hall–Kier alpha value is -2.08. The van der Waals surface area contributed by atoms with E-state index < -0.39 is 5.41 Å². The number of anilines is 1. The number of hydrogen-bond acceptors (Lipinski definition) is 3. The Balaban J connectivity index is 1.65. The van der Waals surface area contributed by atoms with Crippen LogP contribution in [0.25, 0.3) is 0 Å². The van der Waals surface area contributed by atoms with Crippen molar-refractivity contribution in [1.29, 1.82) is 0 Å². The second-order valence-corrected chi connectivity index (χ2v) is 8.93. The van der Waals surface area contributed by atoms with Crippen molar-refractivity contribution in [1.82, 2.24) is 10.2 Å². The van der Waals surface area contributed by atoms with Crippen molar-refractivity contribution in [2.45, 2.75) is 52.0 Å². The SMILES string of the molecule is CC(C)NC(=O)C1CCN(C(=O)CN2C(=O)C(C)(C)c3cc(Cl)ccc32)CC1. The van der Waals surface area contributed by atoms with Crippen LogP contribution in [-0.2, 0) is 19.8 Å². The van der Waals surface area contributed by atoms with Crippen LogP contribution in [0.4, 0.5) is 5.69 Å². The Labute approximate surface area is 171 Å². The average molecular weight is 406 g/mol. The summed E-state index contributed by atoms with van der Waals surface area (Å²) in [5.41, 5.74) is 0.892. The average Bonchev–Trinajstić information content (AvgIpc) is 2.82. The molecule has 0 unspecified atom stereocenters. The quantitative estimate of drug-likeness (QED) is 0.837. The number of nitrogens with one attached hydrogen (secondary N) is 1. The Bertz CT molecular complexity index is 798. The van der Waals surface area contributed by atoms with E-state index in [4.69, 9.17) is 11.6 Å². The molecule has 1 N–H and O–H groups in total. The number of benzene rings is 1. The molecule has 28 heavy (non-hydrogen) atoms. The number of likely N-dealkylation sites (tertiary alicyclic amines) is 1. The zero-order valence-electron chi connectivity index (χ0n) is 16.9. The van der Waals surface area contributed by atoms with Gasteiger partial charge in [0.15, 0.2) is 0 Å². The lowest BCUT2D eigenvalue weighted by Gasteiger charge is -2.33. The van der Waals surface area contributed by atoms with Gasteiger partial charge in [-0.1, -0.05) is 11.6 Å². The van der Waals surface area contributed by atoms with E-state index >= 15 is 0 Å². The molecular formula is C21H28ClN3O3. The number of amides is 3. The fourth-order valence-electron chi connectivity index (χ4n) is 3.99. The summed E-state index contributed by atoms with van der Waals surface area (Å²) in [6.07, 6.45) is 1.30. The Kier molecular flexibility index (Phi) is 5.71. The molecule has 0 spiro atoms. The summed E-state index contributed by atoms with van der Waals surface area (Å²) in [6.45, 7) is 8.68. The lowest BCUT2D eigenvalue weighted by molar-refractivity contribution is -0.135. The molecule has 0 radical (unpaired) electrons. The lowest BCUT2D eigenvalue weighted by Crippen LogP contribution is -2.48. The molecule has 2 aliphatic rings. The van der Waals surface area contributed by atoms with Crippen LogP contribution in [0, 0.1) is 5.92 Å². The van der Waals surface area contributed by atoms with E-state index in [0.29, 0.717) is 31.0 Å². The van der Waals surface area contributed by atoms with E-state index in [9.17, 15) is 14.4 Å². The van der Waals surface area contributed by atoms with Gasteiger partial charge in [0.05, 0.1) is 5.41 Å². The fourth-order valence-corrected chi connectivity index (χ4v) is 4.16. The third-order valence-electron chi connectivity index (χ3n) is 5.65. The van der Waals surface area contributed by atoms with Crippen LogP contribution in [0.5, 0.6) is 0 Å². The summed E-state index contributed by atoms with van der Waals surface area (Å²) in [7, 11) is 0. The highest BCUT2D eigenvalue weighted by molar-refractivity contribution is 6.31. The summed E-state index contributed by atoms with van der Waals surface area (Å²) < 4.78 is 0. The molecule has 0 saturated carbocycles. The van der Waals surface area contributed by atoms with Gasteiger partial charge in [0.1, 0.15) is 6.54 Å². The van der Waals surface area contributed by atoms with Gasteiger partial charge >= 0.3 is 0 Å². The second-order valence-electron chi connectivity index (χ2n) is 8.50.